The fourth-order valence-electron chi connectivity index (χ4n) is 2.55. The average Bonchev–Trinajstić information content (AvgIpc) is 2.37. The van der Waals surface area contributed by atoms with Gasteiger partial charge < -0.3 is 11.1 Å². The number of nitrogen functional groups attached to an aromatic ring is 1. The Labute approximate surface area is 109 Å². The first-order chi connectivity index (χ1) is 8.58. The summed E-state index contributed by atoms with van der Waals surface area (Å²) in [6.45, 7) is 4.06. The van der Waals surface area contributed by atoms with Crippen LogP contribution in [0.5, 0.6) is 0 Å². The van der Waals surface area contributed by atoms with E-state index in [2.05, 4.69) is 5.32 Å². The molecule has 0 heterocycles. The van der Waals surface area contributed by atoms with E-state index in [1.165, 1.54) is 19.3 Å². The number of rotatable bonds is 2. The zero-order chi connectivity index (χ0) is 13.1. The van der Waals surface area contributed by atoms with Gasteiger partial charge in [-0.25, -0.2) is 0 Å². The van der Waals surface area contributed by atoms with Crippen molar-refractivity contribution in [2.24, 2.45) is 5.92 Å². The lowest BCUT2D eigenvalue weighted by atomic mass is 9.88. The van der Waals surface area contributed by atoms with Crippen LogP contribution in [-0.2, 0) is 4.79 Å². The molecule has 3 nitrogen and oxygen atoms in total. The largest absolute Gasteiger partial charge is 0.397 e. The SMILES string of the molecule is Cc1cc(N)c(NC(=O)C2CCCCC2)cc1C. The molecule has 3 N–H and O–H groups in total. The van der Waals surface area contributed by atoms with Crippen LogP contribution in [0.3, 0.4) is 0 Å². The third-order valence-electron chi connectivity index (χ3n) is 3.90. The van der Waals surface area contributed by atoms with Gasteiger partial charge in [-0.05, 0) is 49.9 Å². The molecule has 0 spiro atoms. The summed E-state index contributed by atoms with van der Waals surface area (Å²) in [7, 11) is 0. The standard InChI is InChI=1S/C15H22N2O/c1-10-8-13(16)14(9-11(10)2)17-15(18)12-6-4-3-5-7-12/h8-9,12H,3-7,16H2,1-2H3,(H,17,18). The number of carbonyl (C=O) groups excluding carboxylic acids is 1. The zero-order valence-electron chi connectivity index (χ0n) is 11.3. The van der Waals surface area contributed by atoms with Gasteiger partial charge in [0.25, 0.3) is 0 Å². The summed E-state index contributed by atoms with van der Waals surface area (Å²) in [5, 5.41) is 2.98. The molecule has 1 aliphatic carbocycles. The van der Waals surface area contributed by atoms with Crippen molar-refractivity contribution >= 4 is 17.3 Å². The van der Waals surface area contributed by atoms with Gasteiger partial charge in [0, 0.05) is 5.92 Å². The molecule has 0 radical (unpaired) electrons. The topological polar surface area (TPSA) is 55.1 Å². The van der Waals surface area contributed by atoms with Crippen LogP contribution < -0.4 is 11.1 Å². The number of anilines is 2. The second-order valence-electron chi connectivity index (χ2n) is 5.35. The van der Waals surface area contributed by atoms with E-state index < -0.39 is 0 Å². The Morgan fingerprint density at radius 3 is 2.44 bits per heavy atom. The van der Waals surface area contributed by atoms with Crippen LogP contribution in [0.15, 0.2) is 12.1 Å². The molecule has 0 atom stereocenters. The van der Waals surface area contributed by atoms with Crippen molar-refractivity contribution in [3.05, 3.63) is 23.3 Å². The van der Waals surface area contributed by atoms with E-state index >= 15 is 0 Å². The quantitative estimate of drug-likeness (QED) is 0.786. The lowest BCUT2D eigenvalue weighted by Gasteiger charge is -2.21. The molecular weight excluding hydrogens is 224 g/mol. The second-order valence-corrected chi connectivity index (χ2v) is 5.35. The van der Waals surface area contributed by atoms with E-state index in [9.17, 15) is 4.79 Å². The maximum atomic E-state index is 12.1. The van der Waals surface area contributed by atoms with Crippen molar-refractivity contribution in [1.82, 2.24) is 0 Å². The van der Waals surface area contributed by atoms with Crippen LogP contribution >= 0.6 is 0 Å². The fraction of sp³-hybridized carbons (Fsp3) is 0.533. The summed E-state index contributed by atoms with van der Waals surface area (Å²) in [5.74, 6) is 0.296. The Kier molecular flexibility index (Phi) is 3.90. The van der Waals surface area contributed by atoms with E-state index in [1.54, 1.807) is 0 Å². The summed E-state index contributed by atoms with van der Waals surface area (Å²) in [6.07, 6.45) is 5.61. The van der Waals surface area contributed by atoms with E-state index in [0.29, 0.717) is 5.69 Å². The Morgan fingerprint density at radius 2 is 1.78 bits per heavy atom. The van der Waals surface area contributed by atoms with Crippen LogP contribution in [-0.4, -0.2) is 5.91 Å². The molecule has 1 fully saturated rings. The molecule has 0 aliphatic heterocycles. The molecule has 1 aromatic carbocycles. The van der Waals surface area contributed by atoms with Crippen LogP contribution in [0, 0.1) is 19.8 Å². The smallest absolute Gasteiger partial charge is 0.227 e. The number of nitrogens with two attached hydrogens (primary N) is 1. The highest BCUT2D eigenvalue weighted by Crippen LogP contribution is 2.27. The Morgan fingerprint density at radius 1 is 1.17 bits per heavy atom. The van der Waals surface area contributed by atoms with Gasteiger partial charge in [0.1, 0.15) is 0 Å². The Bertz CT molecular complexity index is 448. The third-order valence-corrected chi connectivity index (χ3v) is 3.90. The molecule has 0 unspecified atom stereocenters. The van der Waals surface area contributed by atoms with Gasteiger partial charge >= 0.3 is 0 Å². The van der Waals surface area contributed by atoms with Crippen molar-refractivity contribution in [2.75, 3.05) is 11.1 Å². The maximum absolute atomic E-state index is 12.1. The Hall–Kier alpha value is -1.51. The third kappa shape index (κ3) is 2.84. The summed E-state index contributed by atoms with van der Waals surface area (Å²) >= 11 is 0. The minimum absolute atomic E-state index is 0.129. The number of hydrogen-bond acceptors (Lipinski definition) is 2. The summed E-state index contributed by atoms with van der Waals surface area (Å²) in [6, 6.07) is 3.89. The minimum Gasteiger partial charge on any atom is -0.397 e. The second kappa shape index (κ2) is 5.42. The summed E-state index contributed by atoms with van der Waals surface area (Å²) in [4.78, 5) is 12.1. The summed E-state index contributed by atoms with van der Waals surface area (Å²) < 4.78 is 0. The highest BCUT2D eigenvalue weighted by atomic mass is 16.1. The van der Waals surface area contributed by atoms with Crippen molar-refractivity contribution in [2.45, 2.75) is 46.0 Å². The fourth-order valence-corrected chi connectivity index (χ4v) is 2.55. The van der Waals surface area contributed by atoms with Crippen molar-refractivity contribution in [3.63, 3.8) is 0 Å². The molecule has 1 amide bonds. The van der Waals surface area contributed by atoms with Crippen molar-refractivity contribution < 1.29 is 4.79 Å². The van der Waals surface area contributed by atoms with E-state index in [1.807, 2.05) is 26.0 Å². The lowest BCUT2D eigenvalue weighted by Crippen LogP contribution is -2.25. The van der Waals surface area contributed by atoms with Gasteiger partial charge in [0.05, 0.1) is 11.4 Å². The summed E-state index contributed by atoms with van der Waals surface area (Å²) in [5.41, 5.74) is 9.68. The average molecular weight is 246 g/mol. The molecule has 0 bridgehead atoms. The van der Waals surface area contributed by atoms with Gasteiger partial charge in [0.2, 0.25) is 5.91 Å². The first-order valence-electron chi connectivity index (χ1n) is 6.75. The molecule has 0 aromatic heterocycles. The number of benzene rings is 1. The number of aryl methyl sites for hydroxylation is 2. The highest BCUT2D eigenvalue weighted by molar-refractivity contribution is 5.95. The predicted molar refractivity (Wildman–Crippen MR) is 75.5 cm³/mol. The van der Waals surface area contributed by atoms with Gasteiger partial charge in [0.15, 0.2) is 0 Å². The molecule has 2 rings (SSSR count). The van der Waals surface area contributed by atoms with Gasteiger partial charge in [-0.1, -0.05) is 19.3 Å². The molecule has 1 saturated carbocycles. The van der Waals surface area contributed by atoms with Crippen LogP contribution in [0.25, 0.3) is 0 Å². The zero-order valence-corrected chi connectivity index (χ0v) is 11.3. The Balaban J connectivity index is 2.08. The van der Waals surface area contributed by atoms with Crippen LogP contribution in [0.2, 0.25) is 0 Å². The van der Waals surface area contributed by atoms with Crippen molar-refractivity contribution in [1.29, 1.82) is 0 Å². The van der Waals surface area contributed by atoms with Gasteiger partial charge in [-0.3, -0.25) is 4.79 Å². The maximum Gasteiger partial charge on any atom is 0.227 e. The molecule has 1 aliphatic rings. The number of nitrogens with one attached hydrogen (secondary N) is 1. The molecule has 0 saturated heterocycles. The van der Waals surface area contributed by atoms with Crippen LogP contribution in [0.4, 0.5) is 11.4 Å². The number of amides is 1. The number of carbonyl (C=O) groups is 1. The van der Waals surface area contributed by atoms with Crippen LogP contribution in [0.1, 0.15) is 43.2 Å². The highest BCUT2D eigenvalue weighted by Gasteiger charge is 2.21. The first-order valence-corrected chi connectivity index (χ1v) is 6.75. The van der Waals surface area contributed by atoms with E-state index in [4.69, 9.17) is 5.73 Å². The molecular formula is C15H22N2O. The lowest BCUT2D eigenvalue weighted by molar-refractivity contribution is -0.120. The number of hydrogen-bond donors (Lipinski definition) is 2. The predicted octanol–water partition coefficient (Wildman–Crippen LogP) is 3.40. The van der Waals surface area contributed by atoms with Crippen molar-refractivity contribution in [3.8, 4) is 0 Å². The molecule has 18 heavy (non-hydrogen) atoms. The first kappa shape index (κ1) is 12.9. The molecule has 3 heteroatoms. The van der Waals surface area contributed by atoms with Gasteiger partial charge in [-0.15, -0.1) is 0 Å². The van der Waals surface area contributed by atoms with Gasteiger partial charge in [-0.2, -0.15) is 0 Å². The monoisotopic (exact) mass is 246 g/mol. The minimum atomic E-state index is 0.129. The van der Waals surface area contributed by atoms with E-state index in [0.717, 1.165) is 29.7 Å². The van der Waals surface area contributed by atoms with E-state index in [-0.39, 0.29) is 11.8 Å². The molecule has 1 aromatic rings. The normalized spacial score (nSPS) is 16.6. The molecule has 98 valence electrons.